The number of carbonyl (C=O) groups excluding carboxylic acids is 1. The Bertz CT molecular complexity index is 717. The second-order valence-electron chi connectivity index (χ2n) is 5.97. The van der Waals surface area contributed by atoms with Crippen molar-refractivity contribution in [3.05, 3.63) is 57.9 Å². The Morgan fingerprint density at radius 2 is 2.00 bits per heavy atom. The summed E-state index contributed by atoms with van der Waals surface area (Å²) < 4.78 is 0. The van der Waals surface area contributed by atoms with E-state index in [0.717, 1.165) is 41.8 Å². The molecule has 22 heavy (non-hydrogen) atoms. The Kier molecular flexibility index (Phi) is 3.85. The second-order valence-corrected chi connectivity index (χ2v) is 5.97. The molecule has 3 heteroatoms. The highest BCUT2D eigenvalue weighted by Gasteiger charge is 2.35. The van der Waals surface area contributed by atoms with Gasteiger partial charge in [-0.2, -0.15) is 5.26 Å². The second kappa shape index (κ2) is 5.81. The minimum Gasteiger partial charge on any atom is -0.361 e. The molecule has 0 aromatic heterocycles. The molecule has 1 aromatic carbocycles. The van der Waals surface area contributed by atoms with E-state index in [1.807, 2.05) is 6.92 Å². The van der Waals surface area contributed by atoms with E-state index in [-0.39, 0.29) is 11.7 Å². The summed E-state index contributed by atoms with van der Waals surface area (Å²) in [5, 5.41) is 12.9. The summed E-state index contributed by atoms with van der Waals surface area (Å²) in [7, 11) is 0. The molecule has 0 bridgehead atoms. The number of allylic oxidation sites excluding steroid dienone is 4. The number of aryl methyl sites for hydroxylation is 1. The van der Waals surface area contributed by atoms with Crippen LogP contribution < -0.4 is 5.32 Å². The van der Waals surface area contributed by atoms with Crippen LogP contribution in [0.25, 0.3) is 0 Å². The van der Waals surface area contributed by atoms with Crippen molar-refractivity contribution in [2.75, 3.05) is 0 Å². The van der Waals surface area contributed by atoms with Gasteiger partial charge in [-0.3, -0.25) is 4.79 Å². The number of benzene rings is 1. The molecule has 3 nitrogen and oxygen atoms in total. The molecule has 0 amide bonds. The Morgan fingerprint density at radius 1 is 1.27 bits per heavy atom. The number of ketones is 1. The van der Waals surface area contributed by atoms with Crippen LogP contribution in [-0.4, -0.2) is 5.78 Å². The topological polar surface area (TPSA) is 52.9 Å². The fraction of sp³-hybridized carbons (Fsp3) is 0.368. The Morgan fingerprint density at radius 3 is 2.64 bits per heavy atom. The first-order valence-electron chi connectivity index (χ1n) is 7.88. The summed E-state index contributed by atoms with van der Waals surface area (Å²) in [5.74, 6) is -0.0291. The fourth-order valence-corrected chi connectivity index (χ4v) is 3.41. The number of Topliss-reactive ketones (excluding diaryl/α,β-unsaturated/α-hetero) is 1. The van der Waals surface area contributed by atoms with Crippen molar-refractivity contribution < 1.29 is 4.79 Å². The zero-order chi connectivity index (χ0) is 15.7. The number of nitriles is 1. The third-order valence-corrected chi connectivity index (χ3v) is 4.62. The zero-order valence-electron chi connectivity index (χ0n) is 13.1. The molecule has 1 N–H and O–H groups in total. The van der Waals surface area contributed by atoms with Gasteiger partial charge in [0.2, 0.25) is 0 Å². The molecule has 0 radical (unpaired) electrons. The van der Waals surface area contributed by atoms with Crippen LogP contribution in [0.5, 0.6) is 0 Å². The Balaban J connectivity index is 2.13. The minimum atomic E-state index is -0.208. The van der Waals surface area contributed by atoms with Gasteiger partial charge in [0.25, 0.3) is 0 Å². The maximum Gasteiger partial charge on any atom is 0.161 e. The third-order valence-electron chi connectivity index (χ3n) is 4.62. The number of carbonyl (C=O) groups is 1. The van der Waals surface area contributed by atoms with E-state index in [9.17, 15) is 10.1 Å². The molecule has 1 atom stereocenters. The van der Waals surface area contributed by atoms with E-state index in [0.29, 0.717) is 12.0 Å². The maximum absolute atomic E-state index is 12.5. The van der Waals surface area contributed by atoms with Gasteiger partial charge < -0.3 is 5.32 Å². The summed E-state index contributed by atoms with van der Waals surface area (Å²) in [5.41, 5.74) is 5.66. The van der Waals surface area contributed by atoms with Crippen LogP contribution in [0.4, 0.5) is 0 Å². The van der Waals surface area contributed by atoms with Crippen LogP contribution in [0, 0.1) is 11.3 Å². The fourth-order valence-electron chi connectivity index (χ4n) is 3.41. The first-order valence-corrected chi connectivity index (χ1v) is 7.88. The van der Waals surface area contributed by atoms with Crippen molar-refractivity contribution in [2.45, 2.75) is 45.4 Å². The Labute approximate surface area is 131 Å². The average molecular weight is 292 g/mol. The van der Waals surface area contributed by atoms with Crippen molar-refractivity contribution in [1.29, 1.82) is 5.26 Å². The predicted molar refractivity (Wildman–Crippen MR) is 85.9 cm³/mol. The van der Waals surface area contributed by atoms with Gasteiger partial charge in [-0.25, -0.2) is 0 Å². The number of rotatable bonds is 2. The zero-order valence-corrected chi connectivity index (χ0v) is 13.1. The summed E-state index contributed by atoms with van der Waals surface area (Å²) in [4.78, 5) is 12.5. The van der Waals surface area contributed by atoms with Crippen molar-refractivity contribution in [3.8, 4) is 6.07 Å². The van der Waals surface area contributed by atoms with Gasteiger partial charge in [-0.15, -0.1) is 0 Å². The average Bonchev–Trinajstić information content (AvgIpc) is 2.54. The summed E-state index contributed by atoms with van der Waals surface area (Å²) in [6.45, 7) is 4.05. The summed E-state index contributed by atoms with van der Waals surface area (Å²) in [6.07, 6.45) is 3.35. The summed E-state index contributed by atoms with van der Waals surface area (Å²) in [6, 6.07) is 10.6. The van der Waals surface area contributed by atoms with Crippen LogP contribution >= 0.6 is 0 Å². The predicted octanol–water partition coefficient (Wildman–Crippen LogP) is 3.74. The molecule has 3 rings (SSSR count). The van der Waals surface area contributed by atoms with E-state index >= 15 is 0 Å². The molecule has 0 saturated carbocycles. The van der Waals surface area contributed by atoms with Crippen LogP contribution in [0.2, 0.25) is 0 Å². The van der Waals surface area contributed by atoms with E-state index < -0.39 is 0 Å². The molecule has 1 unspecified atom stereocenters. The Hall–Kier alpha value is -2.34. The number of hydrogen-bond donors (Lipinski definition) is 1. The molecular formula is C19H20N2O. The normalized spacial score (nSPS) is 21.3. The number of nitrogens with one attached hydrogen (secondary N) is 1. The molecule has 2 aliphatic rings. The largest absolute Gasteiger partial charge is 0.361 e. The third kappa shape index (κ3) is 2.35. The van der Waals surface area contributed by atoms with Gasteiger partial charge in [-0.1, -0.05) is 31.2 Å². The lowest BCUT2D eigenvalue weighted by Gasteiger charge is -2.32. The molecular weight excluding hydrogens is 272 g/mol. The molecule has 1 heterocycles. The van der Waals surface area contributed by atoms with E-state index in [1.165, 1.54) is 5.56 Å². The smallest absolute Gasteiger partial charge is 0.161 e. The van der Waals surface area contributed by atoms with Gasteiger partial charge in [0, 0.05) is 23.4 Å². The quantitative estimate of drug-likeness (QED) is 0.903. The van der Waals surface area contributed by atoms with Crippen LogP contribution in [0.3, 0.4) is 0 Å². The van der Waals surface area contributed by atoms with E-state index in [1.54, 1.807) is 0 Å². The highest BCUT2D eigenvalue weighted by Crippen LogP contribution is 2.41. The monoisotopic (exact) mass is 292 g/mol. The van der Waals surface area contributed by atoms with Crippen LogP contribution in [-0.2, 0) is 11.2 Å². The minimum absolute atomic E-state index is 0.179. The van der Waals surface area contributed by atoms with Gasteiger partial charge in [0.15, 0.2) is 5.78 Å². The number of dihydropyridines is 1. The van der Waals surface area contributed by atoms with Gasteiger partial charge in [0.1, 0.15) is 0 Å². The molecule has 1 aromatic rings. The molecule has 1 aliphatic heterocycles. The molecule has 0 saturated heterocycles. The SMILES string of the molecule is CCc1ccc(C2C(C#N)=C(C)NC3=C2C(=O)CCC3)cc1. The number of nitrogens with zero attached hydrogens (tertiary/aromatic N) is 1. The number of hydrogen-bond acceptors (Lipinski definition) is 3. The van der Waals surface area contributed by atoms with E-state index in [4.69, 9.17) is 0 Å². The van der Waals surface area contributed by atoms with Gasteiger partial charge in [-0.05, 0) is 37.3 Å². The first-order chi connectivity index (χ1) is 10.7. The molecule has 1 aliphatic carbocycles. The highest BCUT2D eigenvalue weighted by atomic mass is 16.1. The standard InChI is InChI=1S/C19H20N2O/c1-3-13-7-9-14(10-8-13)18-15(11-20)12(2)21-16-5-4-6-17(22)19(16)18/h7-10,18,21H,3-6H2,1-2H3. The molecule has 0 fully saturated rings. The van der Waals surface area contributed by atoms with Gasteiger partial charge in [0.05, 0.1) is 17.6 Å². The van der Waals surface area contributed by atoms with Crippen molar-refractivity contribution in [2.24, 2.45) is 0 Å². The van der Waals surface area contributed by atoms with Crippen LogP contribution in [0.1, 0.15) is 50.2 Å². The first kappa shape index (κ1) is 14.6. The summed E-state index contributed by atoms with van der Waals surface area (Å²) >= 11 is 0. The lowest BCUT2D eigenvalue weighted by Crippen LogP contribution is -2.31. The van der Waals surface area contributed by atoms with Gasteiger partial charge >= 0.3 is 0 Å². The van der Waals surface area contributed by atoms with Crippen molar-refractivity contribution in [1.82, 2.24) is 5.32 Å². The lowest BCUT2D eigenvalue weighted by molar-refractivity contribution is -0.116. The van der Waals surface area contributed by atoms with E-state index in [2.05, 4.69) is 42.6 Å². The molecule has 0 spiro atoms. The highest BCUT2D eigenvalue weighted by molar-refractivity contribution is 5.99. The van der Waals surface area contributed by atoms with Crippen LogP contribution in [0.15, 0.2) is 46.8 Å². The maximum atomic E-state index is 12.5. The lowest BCUT2D eigenvalue weighted by atomic mass is 9.75. The van der Waals surface area contributed by atoms with Crippen molar-refractivity contribution in [3.63, 3.8) is 0 Å². The molecule has 112 valence electrons. The van der Waals surface area contributed by atoms with Crippen molar-refractivity contribution >= 4 is 5.78 Å².